The molecule has 1 aliphatic carbocycles. The highest BCUT2D eigenvalue weighted by molar-refractivity contribution is 6.21. The van der Waals surface area contributed by atoms with E-state index in [-0.39, 0.29) is 18.4 Å². The van der Waals surface area contributed by atoms with E-state index in [0.717, 1.165) is 30.3 Å². The van der Waals surface area contributed by atoms with Gasteiger partial charge in [0.2, 0.25) is 0 Å². The molecule has 0 bridgehead atoms. The fourth-order valence-corrected chi connectivity index (χ4v) is 3.67. The smallest absolute Gasteiger partial charge is 0.261 e. The SMILES string of the molecule is O=C1c2ccccc2C(=O)N1Cc1cn2c(n1)CCC(C1CC1)=C2. The van der Waals surface area contributed by atoms with Gasteiger partial charge in [-0.15, -0.1) is 0 Å². The summed E-state index contributed by atoms with van der Waals surface area (Å²) in [6, 6.07) is 6.98. The van der Waals surface area contributed by atoms with Crippen LogP contribution in [0.3, 0.4) is 0 Å². The molecule has 1 fully saturated rings. The molecule has 24 heavy (non-hydrogen) atoms. The van der Waals surface area contributed by atoms with Crippen molar-refractivity contribution >= 4 is 18.0 Å². The number of aromatic nitrogens is 2. The van der Waals surface area contributed by atoms with Crippen LogP contribution < -0.4 is 0 Å². The first-order valence-corrected chi connectivity index (χ1v) is 8.43. The average molecular weight is 319 g/mol. The van der Waals surface area contributed by atoms with Gasteiger partial charge in [0.1, 0.15) is 5.82 Å². The normalized spacial score (nSPS) is 19.3. The lowest BCUT2D eigenvalue weighted by Crippen LogP contribution is -2.29. The Morgan fingerprint density at radius 3 is 2.42 bits per heavy atom. The van der Waals surface area contributed by atoms with Gasteiger partial charge in [0.15, 0.2) is 0 Å². The second kappa shape index (κ2) is 4.90. The predicted molar refractivity (Wildman–Crippen MR) is 88.2 cm³/mol. The summed E-state index contributed by atoms with van der Waals surface area (Å²) in [6.45, 7) is 0.235. The van der Waals surface area contributed by atoms with Crippen LogP contribution in [0.2, 0.25) is 0 Å². The Kier molecular flexibility index (Phi) is 2.80. The first-order chi connectivity index (χ1) is 11.7. The zero-order valence-electron chi connectivity index (χ0n) is 13.2. The number of benzene rings is 1. The van der Waals surface area contributed by atoms with E-state index in [2.05, 4.69) is 15.8 Å². The van der Waals surface area contributed by atoms with Gasteiger partial charge in [-0.1, -0.05) is 12.1 Å². The molecule has 2 amide bonds. The number of hydrogen-bond donors (Lipinski definition) is 0. The van der Waals surface area contributed by atoms with Gasteiger partial charge >= 0.3 is 0 Å². The lowest BCUT2D eigenvalue weighted by Gasteiger charge is -2.13. The van der Waals surface area contributed by atoms with E-state index < -0.39 is 0 Å². The van der Waals surface area contributed by atoms with Crippen LogP contribution in [0.4, 0.5) is 0 Å². The molecule has 3 aliphatic rings. The zero-order valence-corrected chi connectivity index (χ0v) is 13.2. The first-order valence-electron chi connectivity index (χ1n) is 8.43. The summed E-state index contributed by atoms with van der Waals surface area (Å²) in [4.78, 5) is 30.9. The van der Waals surface area contributed by atoms with Crippen molar-refractivity contribution < 1.29 is 9.59 Å². The van der Waals surface area contributed by atoms with Gasteiger partial charge in [-0.05, 0) is 42.9 Å². The number of carbonyl (C=O) groups is 2. The molecule has 0 N–H and O–H groups in total. The number of carbonyl (C=O) groups excluding carboxylic acids is 2. The van der Waals surface area contributed by atoms with Crippen LogP contribution in [0.15, 0.2) is 36.0 Å². The van der Waals surface area contributed by atoms with Gasteiger partial charge in [-0.3, -0.25) is 14.5 Å². The summed E-state index contributed by atoms with van der Waals surface area (Å²) < 4.78 is 2.07. The summed E-state index contributed by atoms with van der Waals surface area (Å²) in [5.41, 5.74) is 3.25. The number of imide groups is 1. The highest BCUT2D eigenvalue weighted by atomic mass is 16.2. The third-order valence-electron chi connectivity index (χ3n) is 5.10. The fraction of sp³-hybridized carbons (Fsp3) is 0.316. The van der Waals surface area contributed by atoms with Crippen molar-refractivity contribution in [3.05, 3.63) is 58.7 Å². The van der Waals surface area contributed by atoms with Crippen LogP contribution in [-0.4, -0.2) is 26.3 Å². The number of aryl methyl sites for hydroxylation is 1. The molecule has 5 heteroatoms. The number of imidazole rings is 1. The number of hydrogen-bond acceptors (Lipinski definition) is 3. The molecule has 0 atom stereocenters. The summed E-state index contributed by atoms with van der Waals surface area (Å²) in [5, 5.41) is 0. The molecular formula is C19H17N3O2. The predicted octanol–water partition coefficient (Wildman–Crippen LogP) is 2.88. The summed E-state index contributed by atoms with van der Waals surface area (Å²) in [6.07, 6.45) is 8.77. The standard InChI is InChI=1S/C19H17N3O2/c23-18-15-3-1-2-4-16(15)19(24)22(18)11-14-10-21-9-13(12-5-6-12)7-8-17(21)20-14/h1-4,9-10,12H,5-8,11H2. The summed E-state index contributed by atoms with van der Waals surface area (Å²) in [5.74, 6) is 1.33. The minimum absolute atomic E-state index is 0.226. The van der Waals surface area contributed by atoms with E-state index in [1.807, 2.05) is 6.20 Å². The van der Waals surface area contributed by atoms with Crippen LogP contribution in [-0.2, 0) is 13.0 Å². The van der Waals surface area contributed by atoms with Gasteiger partial charge < -0.3 is 4.57 Å². The van der Waals surface area contributed by atoms with Crippen molar-refractivity contribution in [2.75, 3.05) is 0 Å². The van der Waals surface area contributed by atoms with Gasteiger partial charge in [0, 0.05) is 18.8 Å². The fourth-order valence-electron chi connectivity index (χ4n) is 3.67. The van der Waals surface area contributed by atoms with E-state index in [1.165, 1.54) is 23.3 Å². The number of nitrogens with zero attached hydrogens (tertiary/aromatic N) is 3. The van der Waals surface area contributed by atoms with Crippen molar-refractivity contribution in [1.29, 1.82) is 0 Å². The maximum absolute atomic E-state index is 12.5. The lowest BCUT2D eigenvalue weighted by molar-refractivity contribution is 0.0640. The van der Waals surface area contributed by atoms with Crippen LogP contribution in [0.5, 0.6) is 0 Å². The van der Waals surface area contributed by atoms with Crippen molar-refractivity contribution in [2.24, 2.45) is 5.92 Å². The molecular weight excluding hydrogens is 302 g/mol. The third kappa shape index (κ3) is 2.04. The number of amides is 2. The topological polar surface area (TPSA) is 55.2 Å². The van der Waals surface area contributed by atoms with Gasteiger partial charge in [0.05, 0.1) is 23.4 Å². The summed E-state index contributed by atoms with van der Waals surface area (Å²) in [7, 11) is 0. The first kappa shape index (κ1) is 13.7. The second-order valence-corrected chi connectivity index (χ2v) is 6.78. The Hall–Kier alpha value is -2.69. The monoisotopic (exact) mass is 319 g/mol. The molecule has 1 saturated carbocycles. The minimum Gasteiger partial charge on any atom is -0.310 e. The van der Waals surface area contributed by atoms with Crippen molar-refractivity contribution in [2.45, 2.75) is 32.2 Å². The molecule has 1 aromatic heterocycles. The molecule has 5 rings (SSSR count). The van der Waals surface area contributed by atoms with E-state index in [0.29, 0.717) is 11.1 Å². The van der Waals surface area contributed by atoms with Crippen LogP contribution >= 0.6 is 0 Å². The molecule has 5 nitrogen and oxygen atoms in total. The molecule has 3 heterocycles. The van der Waals surface area contributed by atoms with Gasteiger partial charge in [-0.2, -0.15) is 0 Å². The number of allylic oxidation sites excluding steroid dienone is 1. The maximum Gasteiger partial charge on any atom is 0.261 e. The number of rotatable bonds is 3. The molecule has 0 spiro atoms. The van der Waals surface area contributed by atoms with E-state index in [9.17, 15) is 9.59 Å². The minimum atomic E-state index is -0.226. The lowest BCUT2D eigenvalue weighted by atomic mass is 10.0. The third-order valence-corrected chi connectivity index (χ3v) is 5.10. The zero-order chi connectivity index (χ0) is 16.3. The molecule has 2 aromatic rings. The Morgan fingerprint density at radius 2 is 1.75 bits per heavy atom. The van der Waals surface area contributed by atoms with E-state index in [1.54, 1.807) is 24.3 Å². The Morgan fingerprint density at radius 1 is 1.04 bits per heavy atom. The van der Waals surface area contributed by atoms with Crippen LogP contribution in [0.1, 0.15) is 51.5 Å². The van der Waals surface area contributed by atoms with Crippen LogP contribution in [0.25, 0.3) is 6.20 Å². The molecule has 0 radical (unpaired) electrons. The largest absolute Gasteiger partial charge is 0.310 e. The Labute approximate surface area is 139 Å². The highest BCUT2D eigenvalue weighted by Crippen LogP contribution is 2.40. The molecule has 2 aliphatic heterocycles. The molecule has 1 aromatic carbocycles. The van der Waals surface area contributed by atoms with E-state index in [4.69, 9.17) is 0 Å². The Bertz CT molecular complexity index is 870. The maximum atomic E-state index is 12.5. The average Bonchev–Trinajstić information content (AvgIpc) is 3.33. The van der Waals surface area contributed by atoms with Crippen molar-refractivity contribution in [3.8, 4) is 0 Å². The van der Waals surface area contributed by atoms with Gasteiger partial charge in [-0.25, -0.2) is 4.98 Å². The molecule has 120 valence electrons. The molecule has 0 saturated heterocycles. The molecule has 0 unspecified atom stereocenters. The summed E-state index contributed by atoms with van der Waals surface area (Å²) >= 11 is 0. The van der Waals surface area contributed by atoms with Crippen molar-refractivity contribution in [1.82, 2.24) is 14.5 Å². The second-order valence-electron chi connectivity index (χ2n) is 6.78. The quantitative estimate of drug-likeness (QED) is 0.818. The van der Waals surface area contributed by atoms with Crippen LogP contribution in [0, 0.1) is 5.92 Å². The van der Waals surface area contributed by atoms with Gasteiger partial charge in [0.25, 0.3) is 11.8 Å². The van der Waals surface area contributed by atoms with Crippen molar-refractivity contribution in [3.63, 3.8) is 0 Å². The Balaban J connectivity index is 1.42. The number of fused-ring (bicyclic) bond motifs is 2. The van der Waals surface area contributed by atoms with E-state index >= 15 is 0 Å². The highest BCUT2D eigenvalue weighted by Gasteiger charge is 2.35.